The summed E-state index contributed by atoms with van der Waals surface area (Å²) in [6.45, 7) is 7.78. The highest BCUT2D eigenvalue weighted by atomic mass is 16.5. The number of benzene rings is 1. The van der Waals surface area contributed by atoms with Gasteiger partial charge >= 0.3 is 0 Å². The van der Waals surface area contributed by atoms with E-state index in [9.17, 15) is 0 Å². The molecule has 0 amide bonds. The summed E-state index contributed by atoms with van der Waals surface area (Å²) in [5, 5.41) is 3.50. The zero-order valence-electron chi connectivity index (χ0n) is 10.5. The van der Waals surface area contributed by atoms with Crippen LogP contribution in [0.25, 0.3) is 0 Å². The van der Waals surface area contributed by atoms with Crippen molar-refractivity contribution in [3.8, 4) is 5.75 Å². The molecule has 1 aliphatic rings. The van der Waals surface area contributed by atoms with Gasteiger partial charge in [0, 0.05) is 11.6 Å². The predicted molar refractivity (Wildman–Crippen MR) is 71.5 cm³/mol. The molecule has 0 saturated heterocycles. The molecule has 1 N–H and O–H groups in total. The van der Waals surface area contributed by atoms with Crippen LogP contribution in [-0.2, 0) is 6.42 Å². The maximum Gasteiger partial charge on any atom is 0.127 e. The smallest absolute Gasteiger partial charge is 0.127 e. The second-order valence-corrected chi connectivity index (χ2v) is 4.42. The Kier molecular flexibility index (Phi) is 4.21. The second-order valence-electron chi connectivity index (χ2n) is 4.42. The largest absolute Gasteiger partial charge is 0.493 e. The molecule has 2 nitrogen and oxygen atoms in total. The normalized spacial score (nSPS) is 15.8. The molecule has 1 aromatic rings. The molecule has 1 aromatic carbocycles. The molecule has 1 atom stereocenters. The minimum atomic E-state index is 0.325. The quantitative estimate of drug-likeness (QED) is 0.785. The lowest BCUT2D eigenvalue weighted by molar-refractivity contribution is 0.281. The number of hydrogen-bond acceptors (Lipinski definition) is 2. The fraction of sp³-hybridized carbons (Fsp3) is 0.467. The van der Waals surface area contributed by atoms with Gasteiger partial charge in [-0.2, -0.15) is 0 Å². The van der Waals surface area contributed by atoms with E-state index in [1.807, 2.05) is 6.08 Å². The summed E-state index contributed by atoms with van der Waals surface area (Å²) in [6, 6.07) is 6.80. The summed E-state index contributed by atoms with van der Waals surface area (Å²) in [4.78, 5) is 0. The van der Waals surface area contributed by atoms with Crippen LogP contribution >= 0.6 is 0 Å². The summed E-state index contributed by atoms with van der Waals surface area (Å²) >= 11 is 0. The molecule has 1 unspecified atom stereocenters. The number of aryl methyl sites for hydroxylation is 1. The first-order chi connectivity index (χ1) is 8.36. The second kappa shape index (κ2) is 5.87. The van der Waals surface area contributed by atoms with Crippen LogP contribution < -0.4 is 10.1 Å². The van der Waals surface area contributed by atoms with Crippen LogP contribution in [0.1, 0.15) is 36.9 Å². The Labute approximate surface area is 104 Å². The number of ether oxygens (including phenoxy) is 1. The fourth-order valence-electron chi connectivity index (χ4n) is 2.42. The molecule has 92 valence electrons. The Morgan fingerprint density at radius 2 is 2.41 bits per heavy atom. The van der Waals surface area contributed by atoms with Gasteiger partial charge in [-0.25, -0.2) is 0 Å². The first-order valence-corrected chi connectivity index (χ1v) is 6.45. The van der Waals surface area contributed by atoms with Gasteiger partial charge in [0.05, 0.1) is 6.61 Å². The van der Waals surface area contributed by atoms with Crippen LogP contribution in [0.2, 0.25) is 0 Å². The van der Waals surface area contributed by atoms with Gasteiger partial charge in [0.15, 0.2) is 0 Å². The molecular formula is C15H21NO. The number of rotatable bonds is 5. The third kappa shape index (κ3) is 2.70. The van der Waals surface area contributed by atoms with Gasteiger partial charge in [-0.15, -0.1) is 6.58 Å². The van der Waals surface area contributed by atoms with Gasteiger partial charge < -0.3 is 10.1 Å². The predicted octanol–water partition coefficient (Wildman–Crippen LogP) is 3.24. The van der Waals surface area contributed by atoms with Crippen molar-refractivity contribution in [3.05, 3.63) is 42.0 Å². The van der Waals surface area contributed by atoms with Crippen molar-refractivity contribution >= 4 is 0 Å². The molecule has 2 rings (SSSR count). The zero-order valence-corrected chi connectivity index (χ0v) is 10.5. The Morgan fingerprint density at radius 3 is 3.18 bits per heavy atom. The zero-order chi connectivity index (χ0) is 12.1. The average Bonchev–Trinajstić information content (AvgIpc) is 2.38. The molecule has 1 heterocycles. The molecule has 0 fully saturated rings. The lowest BCUT2D eigenvalue weighted by Crippen LogP contribution is -2.22. The van der Waals surface area contributed by atoms with E-state index in [2.05, 4.69) is 37.0 Å². The molecule has 0 aliphatic carbocycles. The Morgan fingerprint density at radius 1 is 1.53 bits per heavy atom. The Balaban J connectivity index is 2.31. The van der Waals surface area contributed by atoms with Crippen LogP contribution in [0.5, 0.6) is 5.75 Å². The molecule has 0 saturated carbocycles. The van der Waals surface area contributed by atoms with E-state index in [4.69, 9.17) is 4.74 Å². The molecule has 0 spiro atoms. The number of fused-ring (bicyclic) bond motifs is 1. The first kappa shape index (κ1) is 12.2. The lowest BCUT2D eigenvalue weighted by Gasteiger charge is -2.25. The van der Waals surface area contributed by atoms with Crippen molar-refractivity contribution in [2.24, 2.45) is 0 Å². The van der Waals surface area contributed by atoms with Gasteiger partial charge in [0.25, 0.3) is 0 Å². The standard InChI is InChI=1S/C15H21NO/c1-3-7-14(16-4-2)13-10-5-8-12-9-6-11-17-15(12)13/h3,5,8,10,14,16H,1,4,6-7,9,11H2,2H3. The molecule has 1 aliphatic heterocycles. The van der Waals surface area contributed by atoms with Gasteiger partial charge in [-0.3, -0.25) is 0 Å². The van der Waals surface area contributed by atoms with Gasteiger partial charge in [-0.1, -0.05) is 31.2 Å². The van der Waals surface area contributed by atoms with E-state index in [0.717, 1.165) is 38.2 Å². The lowest BCUT2D eigenvalue weighted by atomic mass is 9.96. The van der Waals surface area contributed by atoms with Crippen molar-refractivity contribution in [1.29, 1.82) is 0 Å². The third-order valence-electron chi connectivity index (χ3n) is 3.19. The van der Waals surface area contributed by atoms with Crippen molar-refractivity contribution in [2.75, 3.05) is 13.2 Å². The fourth-order valence-corrected chi connectivity index (χ4v) is 2.42. The van der Waals surface area contributed by atoms with Crippen LogP contribution in [0.3, 0.4) is 0 Å². The number of para-hydroxylation sites is 1. The van der Waals surface area contributed by atoms with E-state index in [-0.39, 0.29) is 0 Å². The summed E-state index contributed by atoms with van der Waals surface area (Å²) in [6.07, 6.45) is 5.17. The Hall–Kier alpha value is -1.28. The monoisotopic (exact) mass is 231 g/mol. The van der Waals surface area contributed by atoms with Crippen LogP contribution in [0, 0.1) is 0 Å². The molecule has 2 heteroatoms. The third-order valence-corrected chi connectivity index (χ3v) is 3.19. The highest BCUT2D eigenvalue weighted by molar-refractivity contribution is 5.44. The Bertz CT molecular complexity index is 387. The molecule has 0 bridgehead atoms. The van der Waals surface area contributed by atoms with E-state index in [0.29, 0.717) is 6.04 Å². The van der Waals surface area contributed by atoms with Crippen LogP contribution in [-0.4, -0.2) is 13.2 Å². The minimum absolute atomic E-state index is 0.325. The minimum Gasteiger partial charge on any atom is -0.493 e. The van der Waals surface area contributed by atoms with E-state index >= 15 is 0 Å². The SMILES string of the molecule is C=CCC(NCC)c1cccc2c1OCCC2. The maximum atomic E-state index is 5.85. The van der Waals surface area contributed by atoms with Gasteiger partial charge in [0.2, 0.25) is 0 Å². The molecule has 0 radical (unpaired) electrons. The summed E-state index contributed by atoms with van der Waals surface area (Å²) < 4.78 is 5.85. The summed E-state index contributed by atoms with van der Waals surface area (Å²) in [5.41, 5.74) is 2.63. The molecule has 17 heavy (non-hydrogen) atoms. The summed E-state index contributed by atoms with van der Waals surface area (Å²) in [5.74, 6) is 1.10. The van der Waals surface area contributed by atoms with E-state index in [1.165, 1.54) is 11.1 Å². The average molecular weight is 231 g/mol. The van der Waals surface area contributed by atoms with Crippen molar-refractivity contribution in [2.45, 2.75) is 32.2 Å². The van der Waals surface area contributed by atoms with Crippen molar-refractivity contribution < 1.29 is 4.74 Å². The summed E-state index contributed by atoms with van der Waals surface area (Å²) in [7, 11) is 0. The molecular weight excluding hydrogens is 210 g/mol. The van der Waals surface area contributed by atoms with Crippen molar-refractivity contribution in [3.63, 3.8) is 0 Å². The van der Waals surface area contributed by atoms with E-state index in [1.54, 1.807) is 0 Å². The van der Waals surface area contributed by atoms with Crippen molar-refractivity contribution in [1.82, 2.24) is 5.32 Å². The van der Waals surface area contributed by atoms with Gasteiger partial charge in [0.1, 0.15) is 5.75 Å². The van der Waals surface area contributed by atoms with Gasteiger partial charge in [-0.05, 0) is 31.4 Å². The highest BCUT2D eigenvalue weighted by Gasteiger charge is 2.19. The van der Waals surface area contributed by atoms with Crippen LogP contribution in [0.15, 0.2) is 30.9 Å². The molecule has 0 aromatic heterocycles. The number of hydrogen-bond donors (Lipinski definition) is 1. The van der Waals surface area contributed by atoms with Crippen LogP contribution in [0.4, 0.5) is 0 Å². The highest BCUT2D eigenvalue weighted by Crippen LogP contribution is 2.34. The maximum absolute atomic E-state index is 5.85. The van der Waals surface area contributed by atoms with E-state index < -0.39 is 0 Å². The topological polar surface area (TPSA) is 21.3 Å². The first-order valence-electron chi connectivity index (χ1n) is 6.45. The number of nitrogens with one attached hydrogen (secondary N) is 1.